The lowest BCUT2D eigenvalue weighted by Crippen LogP contribution is -2.48. The highest BCUT2D eigenvalue weighted by Crippen LogP contribution is 2.42. The number of hydrogen-bond acceptors (Lipinski definition) is 4. The van der Waals surface area contributed by atoms with Gasteiger partial charge in [-0.25, -0.2) is 14.7 Å². The number of nitrogens with zero attached hydrogens (tertiary/aromatic N) is 2. The second-order valence-corrected chi connectivity index (χ2v) is 9.08. The van der Waals surface area contributed by atoms with Crippen LogP contribution in [-0.4, -0.2) is 28.8 Å². The van der Waals surface area contributed by atoms with Crippen LogP contribution in [0.2, 0.25) is 0 Å². The molecule has 3 aromatic rings. The highest BCUT2D eigenvalue weighted by Gasteiger charge is 2.60. The molecule has 2 heterocycles. The molecule has 3 atom stereocenters. The van der Waals surface area contributed by atoms with Gasteiger partial charge in [-0.15, -0.1) is 0 Å². The SMILES string of the molecule is Cc1ccc(N2C(=O)[C@H]3[C@@H](C2=O)N(C(=O)c2cccc(Br)c2)N[C@H]3c2ccc(F)cc2)cc1. The maximum absolute atomic E-state index is 13.5. The first-order valence-electron chi connectivity index (χ1n) is 10.4. The molecule has 8 heteroatoms. The zero-order valence-corrected chi connectivity index (χ0v) is 19.1. The Morgan fingerprint density at radius 3 is 2.33 bits per heavy atom. The monoisotopic (exact) mass is 507 g/mol. The molecule has 33 heavy (non-hydrogen) atoms. The van der Waals surface area contributed by atoms with Gasteiger partial charge < -0.3 is 0 Å². The lowest BCUT2D eigenvalue weighted by Gasteiger charge is -2.25. The first-order valence-corrected chi connectivity index (χ1v) is 11.2. The Morgan fingerprint density at radius 2 is 1.67 bits per heavy atom. The molecule has 0 aliphatic carbocycles. The summed E-state index contributed by atoms with van der Waals surface area (Å²) >= 11 is 3.36. The fourth-order valence-corrected chi connectivity index (χ4v) is 4.83. The summed E-state index contributed by atoms with van der Waals surface area (Å²) in [6.45, 7) is 1.92. The topological polar surface area (TPSA) is 69.7 Å². The number of hydrogen-bond donors (Lipinski definition) is 1. The number of fused-ring (bicyclic) bond motifs is 1. The molecule has 0 spiro atoms. The van der Waals surface area contributed by atoms with E-state index in [0.29, 0.717) is 21.3 Å². The van der Waals surface area contributed by atoms with E-state index in [1.165, 1.54) is 17.1 Å². The van der Waals surface area contributed by atoms with Gasteiger partial charge in [0.15, 0.2) is 0 Å². The number of carbonyl (C=O) groups is 3. The number of aryl methyl sites for hydroxylation is 1. The van der Waals surface area contributed by atoms with Crippen LogP contribution < -0.4 is 10.3 Å². The van der Waals surface area contributed by atoms with Crippen LogP contribution in [0.15, 0.2) is 77.3 Å². The van der Waals surface area contributed by atoms with Crippen LogP contribution >= 0.6 is 15.9 Å². The molecular weight excluding hydrogens is 489 g/mol. The number of hydrazine groups is 1. The van der Waals surface area contributed by atoms with Crippen molar-refractivity contribution in [3.63, 3.8) is 0 Å². The number of carbonyl (C=O) groups excluding carboxylic acids is 3. The molecule has 166 valence electrons. The molecule has 0 radical (unpaired) electrons. The highest BCUT2D eigenvalue weighted by molar-refractivity contribution is 9.10. The fraction of sp³-hybridized carbons (Fsp3) is 0.160. The van der Waals surface area contributed by atoms with Gasteiger partial charge >= 0.3 is 0 Å². The molecule has 5 rings (SSSR count). The van der Waals surface area contributed by atoms with Crippen molar-refractivity contribution in [2.24, 2.45) is 5.92 Å². The number of anilines is 1. The van der Waals surface area contributed by atoms with Crippen molar-refractivity contribution in [3.8, 4) is 0 Å². The Bertz CT molecular complexity index is 1260. The molecule has 3 amide bonds. The third-order valence-electron chi connectivity index (χ3n) is 6.05. The number of amides is 3. The average Bonchev–Trinajstić information content (AvgIpc) is 3.31. The second-order valence-electron chi connectivity index (χ2n) is 8.16. The van der Waals surface area contributed by atoms with E-state index in [1.807, 2.05) is 19.1 Å². The molecule has 3 aromatic carbocycles. The van der Waals surface area contributed by atoms with Gasteiger partial charge in [0.2, 0.25) is 5.91 Å². The van der Waals surface area contributed by atoms with Gasteiger partial charge in [0.25, 0.3) is 11.8 Å². The molecule has 6 nitrogen and oxygen atoms in total. The Kier molecular flexibility index (Phi) is 5.34. The van der Waals surface area contributed by atoms with E-state index >= 15 is 0 Å². The molecule has 1 N–H and O–H groups in total. The molecular formula is C25H19BrFN3O3. The van der Waals surface area contributed by atoms with E-state index < -0.39 is 41.5 Å². The minimum Gasteiger partial charge on any atom is -0.274 e. The molecule has 0 saturated carbocycles. The summed E-state index contributed by atoms with van der Waals surface area (Å²) < 4.78 is 14.3. The zero-order valence-electron chi connectivity index (χ0n) is 17.5. The van der Waals surface area contributed by atoms with E-state index in [2.05, 4.69) is 21.4 Å². The van der Waals surface area contributed by atoms with Gasteiger partial charge in [-0.05, 0) is 55.0 Å². The van der Waals surface area contributed by atoms with Crippen LogP contribution in [0.4, 0.5) is 10.1 Å². The summed E-state index contributed by atoms with van der Waals surface area (Å²) in [5.74, 6) is -2.57. The molecule has 2 fully saturated rings. The third kappa shape index (κ3) is 3.65. The van der Waals surface area contributed by atoms with Gasteiger partial charge in [0, 0.05) is 10.0 Å². The molecule has 2 aliphatic heterocycles. The lowest BCUT2D eigenvalue weighted by molar-refractivity contribution is -0.123. The van der Waals surface area contributed by atoms with Crippen LogP contribution in [0.3, 0.4) is 0 Å². The van der Waals surface area contributed by atoms with E-state index in [4.69, 9.17) is 0 Å². The predicted molar refractivity (Wildman–Crippen MR) is 124 cm³/mol. The predicted octanol–water partition coefficient (Wildman–Crippen LogP) is 4.16. The zero-order chi connectivity index (χ0) is 23.3. The molecule has 0 unspecified atom stereocenters. The standard InChI is InChI=1S/C25H19BrFN3O3/c1-14-5-11-19(12-6-14)29-24(32)20-21(15-7-9-18(27)10-8-15)28-30(22(20)25(29)33)23(31)16-3-2-4-17(26)13-16/h2-13,20-22,28H,1H3/t20-,21+,22+/m1/s1. The van der Waals surface area contributed by atoms with Gasteiger partial charge in [0.1, 0.15) is 11.9 Å². The van der Waals surface area contributed by atoms with Crippen molar-refractivity contribution >= 4 is 39.3 Å². The van der Waals surface area contributed by atoms with Gasteiger partial charge in [-0.3, -0.25) is 19.4 Å². The Morgan fingerprint density at radius 1 is 0.970 bits per heavy atom. The van der Waals surface area contributed by atoms with E-state index in [0.717, 1.165) is 10.5 Å². The molecule has 0 bridgehead atoms. The number of halogens is 2. The van der Waals surface area contributed by atoms with Crippen LogP contribution in [0.5, 0.6) is 0 Å². The average molecular weight is 508 g/mol. The minimum atomic E-state index is -1.03. The Balaban J connectivity index is 1.58. The maximum Gasteiger partial charge on any atom is 0.268 e. The van der Waals surface area contributed by atoms with Gasteiger partial charge in [-0.2, -0.15) is 0 Å². The quantitative estimate of drug-likeness (QED) is 0.540. The third-order valence-corrected chi connectivity index (χ3v) is 6.54. The number of imide groups is 1. The summed E-state index contributed by atoms with van der Waals surface area (Å²) in [4.78, 5) is 41.6. The summed E-state index contributed by atoms with van der Waals surface area (Å²) in [5, 5.41) is 1.24. The minimum absolute atomic E-state index is 0.365. The fourth-order valence-electron chi connectivity index (χ4n) is 4.43. The summed E-state index contributed by atoms with van der Waals surface area (Å²) in [5.41, 5.74) is 5.50. The summed E-state index contributed by atoms with van der Waals surface area (Å²) in [6.07, 6.45) is 0. The van der Waals surface area contributed by atoms with E-state index in [9.17, 15) is 18.8 Å². The summed E-state index contributed by atoms with van der Waals surface area (Å²) in [7, 11) is 0. The van der Waals surface area contributed by atoms with Crippen molar-refractivity contribution in [3.05, 3.63) is 99.8 Å². The maximum atomic E-state index is 13.5. The first kappa shape index (κ1) is 21.5. The van der Waals surface area contributed by atoms with Crippen molar-refractivity contribution in [1.29, 1.82) is 0 Å². The smallest absolute Gasteiger partial charge is 0.268 e. The number of benzene rings is 3. The number of rotatable bonds is 3. The van der Waals surface area contributed by atoms with Crippen LogP contribution in [0.1, 0.15) is 27.5 Å². The van der Waals surface area contributed by atoms with Gasteiger partial charge in [0.05, 0.1) is 17.6 Å². The van der Waals surface area contributed by atoms with Gasteiger partial charge in [-0.1, -0.05) is 51.8 Å². The normalized spacial score (nSPS) is 22.1. The second kappa shape index (κ2) is 8.20. The first-order chi connectivity index (χ1) is 15.8. The van der Waals surface area contributed by atoms with Crippen LogP contribution in [0.25, 0.3) is 0 Å². The van der Waals surface area contributed by atoms with E-state index in [1.54, 1.807) is 48.5 Å². The van der Waals surface area contributed by atoms with Crippen molar-refractivity contribution in [2.45, 2.75) is 19.0 Å². The largest absolute Gasteiger partial charge is 0.274 e. The van der Waals surface area contributed by atoms with Crippen molar-refractivity contribution in [2.75, 3.05) is 4.90 Å². The van der Waals surface area contributed by atoms with Crippen molar-refractivity contribution < 1.29 is 18.8 Å². The lowest BCUT2D eigenvalue weighted by atomic mass is 9.91. The Hall–Kier alpha value is -3.36. The molecule has 2 saturated heterocycles. The summed E-state index contributed by atoms with van der Waals surface area (Å²) in [6, 6.07) is 17.9. The van der Waals surface area contributed by atoms with E-state index in [-0.39, 0.29) is 0 Å². The number of nitrogens with one attached hydrogen (secondary N) is 1. The highest BCUT2D eigenvalue weighted by atomic mass is 79.9. The molecule has 2 aliphatic rings. The molecule has 0 aromatic heterocycles. The van der Waals surface area contributed by atoms with Crippen molar-refractivity contribution in [1.82, 2.24) is 10.4 Å². The van der Waals surface area contributed by atoms with Crippen LogP contribution in [-0.2, 0) is 9.59 Å². The Labute approximate surface area is 198 Å². The van der Waals surface area contributed by atoms with Crippen LogP contribution in [0, 0.1) is 18.7 Å².